The van der Waals surface area contributed by atoms with Gasteiger partial charge in [-0.25, -0.2) is 0 Å². The second kappa shape index (κ2) is 9.51. The third-order valence-corrected chi connectivity index (χ3v) is 6.92. The Balaban J connectivity index is 1.50. The number of carbonyl (C=O) groups is 1. The molecule has 1 saturated heterocycles. The SMILES string of the molecule is O=C1/C(=C\c2ccc(COc3c(Cl)c(Cl)c(Cl)c(Cl)c3Cl)o2)NC(=S)N1c1ccccc1. The number of anilines is 1. The summed E-state index contributed by atoms with van der Waals surface area (Å²) >= 11 is 35.7. The standard InChI is InChI=1S/C21H11Cl5N2O3S/c22-14-15(23)17(25)19(18(26)16(14)24)30-9-12-7-6-11(31-12)8-13-20(29)28(21(32)27-13)10-4-2-1-3-5-10/h1-8H,9H2,(H,27,32)/b13-8+. The van der Waals surface area contributed by atoms with E-state index in [1.165, 1.54) is 4.90 Å². The zero-order chi connectivity index (χ0) is 23.0. The van der Waals surface area contributed by atoms with Crippen LogP contribution in [0.2, 0.25) is 25.1 Å². The number of ether oxygens (including phenoxy) is 1. The van der Waals surface area contributed by atoms with Gasteiger partial charge in [0.1, 0.15) is 33.9 Å². The molecule has 11 heteroatoms. The molecule has 32 heavy (non-hydrogen) atoms. The topological polar surface area (TPSA) is 54.7 Å². The van der Waals surface area contributed by atoms with Crippen LogP contribution >= 0.6 is 70.2 Å². The smallest absolute Gasteiger partial charge is 0.281 e. The maximum absolute atomic E-state index is 12.8. The van der Waals surface area contributed by atoms with E-state index >= 15 is 0 Å². The number of rotatable bonds is 5. The molecule has 1 aliphatic heterocycles. The first-order chi connectivity index (χ1) is 15.3. The molecule has 4 rings (SSSR count). The molecule has 1 amide bonds. The molecule has 3 aromatic rings. The first kappa shape index (κ1) is 23.2. The summed E-state index contributed by atoms with van der Waals surface area (Å²) in [6, 6.07) is 12.5. The maximum Gasteiger partial charge on any atom is 0.281 e. The molecule has 1 aromatic heterocycles. The van der Waals surface area contributed by atoms with E-state index < -0.39 is 0 Å². The second-order valence-corrected chi connectivity index (χ2v) is 8.73. The Labute approximate surface area is 213 Å². The molecule has 1 aliphatic rings. The fraction of sp³-hybridized carbons (Fsp3) is 0.0476. The highest BCUT2D eigenvalue weighted by Crippen LogP contribution is 2.48. The number of nitrogens with one attached hydrogen (secondary N) is 1. The number of para-hydroxylation sites is 1. The number of furan rings is 1. The van der Waals surface area contributed by atoms with Crippen molar-refractivity contribution in [3.8, 4) is 5.75 Å². The van der Waals surface area contributed by atoms with Crippen LogP contribution in [0.3, 0.4) is 0 Å². The summed E-state index contributed by atoms with van der Waals surface area (Å²) in [5, 5.41) is 3.37. The number of nitrogens with zero attached hydrogens (tertiary/aromatic N) is 1. The van der Waals surface area contributed by atoms with Crippen molar-refractivity contribution in [3.63, 3.8) is 0 Å². The van der Waals surface area contributed by atoms with E-state index in [2.05, 4.69) is 5.32 Å². The maximum atomic E-state index is 12.8. The van der Waals surface area contributed by atoms with Crippen molar-refractivity contribution in [2.24, 2.45) is 0 Å². The quantitative estimate of drug-likeness (QED) is 0.156. The van der Waals surface area contributed by atoms with Crippen LogP contribution in [0.25, 0.3) is 6.08 Å². The van der Waals surface area contributed by atoms with Gasteiger partial charge in [0, 0.05) is 6.08 Å². The zero-order valence-electron chi connectivity index (χ0n) is 15.8. The first-order valence-corrected chi connectivity index (χ1v) is 11.2. The van der Waals surface area contributed by atoms with Crippen LogP contribution in [0.1, 0.15) is 11.5 Å². The minimum atomic E-state index is -0.292. The summed E-state index contributed by atoms with van der Waals surface area (Å²) in [6.07, 6.45) is 1.55. The Bertz CT molecular complexity index is 1230. The summed E-state index contributed by atoms with van der Waals surface area (Å²) in [5.74, 6) is 0.653. The van der Waals surface area contributed by atoms with Gasteiger partial charge in [-0.05, 0) is 36.5 Å². The Morgan fingerprint density at radius 1 is 0.938 bits per heavy atom. The van der Waals surface area contributed by atoms with E-state index in [9.17, 15) is 4.79 Å². The minimum Gasteiger partial charge on any atom is -0.482 e. The van der Waals surface area contributed by atoms with Crippen LogP contribution in [-0.2, 0) is 11.4 Å². The number of amides is 1. The van der Waals surface area contributed by atoms with Gasteiger partial charge in [0.05, 0.1) is 20.8 Å². The largest absolute Gasteiger partial charge is 0.482 e. The third-order valence-electron chi connectivity index (χ3n) is 4.39. The van der Waals surface area contributed by atoms with Gasteiger partial charge in [-0.1, -0.05) is 76.2 Å². The number of hydrogen-bond acceptors (Lipinski definition) is 4. The zero-order valence-corrected chi connectivity index (χ0v) is 20.4. The lowest BCUT2D eigenvalue weighted by atomic mass is 10.3. The van der Waals surface area contributed by atoms with Crippen LogP contribution in [-0.4, -0.2) is 11.0 Å². The van der Waals surface area contributed by atoms with Gasteiger partial charge in [-0.3, -0.25) is 9.69 Å². The number of thiocarbonyl (C=S) groups is 1. The van der Waals surface area contributed by atoms with Crippen molar-refractivity contribution >= 4 is 93.0 Å². The lowest BCUT2D eigenvalue weighted by molar-refractivity contribution is -0.113. The monoisotopic (exact) mass is 546 g/mol. The van der Waals surface area contributed by atoms with E-state index in [0.717, 1.165) is 0 Å². The van der Waals surface area contributed by atoms with Crippen molar-refractivity contribution in [1.82, 2.24) is 5.32 Å². The lowest BCUT2D eigenvalue weighted by Gasteiger charge is -2.13. The van der Waals surface area contributed by atoms with Gasteiger partial charge in [-0.2, -0.15) is 0 Å². The van der Waals surface area contributed by atoms with Crippen LogP contribution in [0.5, 0.6) is 5.75 Å². The van der Waals surface area contributed by atoms with Gasteiger partial charge >= 0.3 is 0 Å². The van der Waals surface area contributed by atoms with E-state index in [1.54, 1.807) is 30.3 Å². The Morgan fingerprint density at radius 2 is 1.56 bits per heavy atom. The van der Waals surface area contributed by atoms with Gasteiger partial charge in [-0.15, -0.1) is 0 Å². The van der Waals surface area contributed by atoms with Crippen molar-refractivity contribution in [2.75, 3.05) is 4.90 Å². The molecule has 0 unspecified atom stereocenters. The van der Waals surface area contributed by atoms with Gasteiger partial charge in [0.25, 0.3) is 5.91 Å². The molecule has 2 heterocycles. The highest BCUT2D eigenvalue weighted by atomic mass is 35.5. The van der Waals surface area contributed by atoms with Gasteiger partial charge < -0.3 is 14.5 Å². The summed E-state index contributed by atoms with van der Waals surface area (Å²) in [7, 11) is 0. The molecule has 0 radical (unpaired) electrons. The van der Waals surface area contributed by atoms with Gasteiger partial charge in [0.15, 0.2) is 10.9 Å². The van der Waals surface area contributed by atoms with Crippen LogP contribution in [0.15, 0.2) is 52.6 Å². The first-order valence-electron chi connectivity index (χ1n) is 8.93. The predicted octanol–water partition coefficient (Wildman–Crippen LogP) is 7.39. The lowest BCUT2D eigenvalue weighted by Crippen LogP contribution is -2.30. The average molecular weight is 549 g/mol. The van der Waals surface area contributed by atoms with E-state index in [4.69, 9.17) is 79.4 Å². The predicted molar refractivity (Wildman–Crippen MR) is 132 cm³/mol. The van der Waals surface area contributed by atoms with Gasteiger partial charge in [0.2, 0.25) is 0 Å². The molecule has 5 nitrogen and oxygen atoms in total. The highest BCUT2D eigenvalue weighted by Gasteiger charge is 2.32. The molecule has 164 valence electrons. The molecule has 0 saturated carbocycles. The third kappa shape index (κ3) is 4.44. The molecule has 1 fully saturated rings. The van der Waals surface area contributed by atoms with Crippen LogP contribution < -0.4 is 15.0 Å². The van der Waals surface area contributed by atoms with Crippen LogP contribution in [0.4, 0.5) is 5.69 Å². The molecule has 0 bridgehead atoms. The summed E-state index contributed by atoms with van der Waals surface area (Å²) in [5.41, 5.74) is 0.948. The Hall–Kier alpha value is -1.93. The fourth-order valence-electron chi connectivity index (χ4n) is 2.89. The molecule has 2 aromatic carbocycles. The van der Waals surface area contributed by atoms with Crippen LogP contribution in [0, 0.1) is 0 Å². The van der Waals surface area contributed by atoms with Crippen molar-refractivity contribution in [3.05, 3.63) is 84.8 Å². The molecular formula is C21H11Cl5N2O3S. The molecule has 0 aliphatic carbocycles. The van der Waals surface area contributed by atoms with Crippen molar-refractivity contribution < 1.29 is 13.9 Å². The summed E-state index contributed by atoms with van der Waals surface area (Å²) < 4.78 is 11.4. The van der Waals surface area contributed by atoms with E-state index in [-0.39, 0.29) is 54.2 Å². The molecular weight excluding hydrogens is 538 g/mol. The Kier molecular flexibility index (Phi) is 6.91. The number of carbonyl (C=O) groups excluding carboxylic acids is 1. The molecule has 0 atom stereocenters. The van der Waals surface area contributed by atoms with Crippen molar-refractivity contribution in [2.45, 2.75) is 6.61 Å². The number of halogens is 5. The number of benzene rings is 2. The highest BCUT2D eigenvalue weighted by molar-refractivity contribution is 7.80. The normalized spacial score (nSPS) is 14.9. The average Bonchev–Trinajstić information content (AvgIpc) is 3.35. The Morgan fingerprint density at radius 3 is 2.22 bits per heavy atom. The van der Waals surface area contributed by atoms with E-state index in [1.807, 2.05) is 18.2 Å². The molecule has 0 spiro atoms. The summed E-state index contributed by atoms with van der Waals surface area (Å²) in [4.78, 5) is 14.2. The number of hydrogen-bond donors (Lipinski definition) is 1. The second-order valence-electron chi connectivity index (χ2n) is 6.46. The summed E-state index contributed by atoms with van der Waals surface area (Å²) in [6.45, 7) is -0.0210. The van der Waals surface area contributed by atoms with E-state index in [0.29, 0.717) is 17.2 Å². The molecule has 1 N–H and O–H groups in total. The van der Waals surface area contributed by atoms with Crippen molar-refractivity contribution in [1.29, 1.82) is 0 Å². The fourth-order valence-corrected chi connectivity index (χ4v) is 4.42. The minimum absolute atomic E-state index is 0.0210.